The largest absolute Gasteiger partial charge is 0.484 e. The van der Waals surface area contributed by atoms with Gasteiger partial charge in [0.25, 0.3) is 17.1 Å². The molecule has 2 aliphatic rings. The van der Waals surface area contributed by atoms with Crippen molar-refractivity contribution in [1.82, 2.24) is 9.80 Å². The maximum atomic E-state index is 12.7. The number of hydrogen-bond acceptors (Lipinski definition) is 6. The van der Waals surface area contributed by atoms with Crippen LogP contribution in [-0.2, 0) is 14.4 Å². The van der Waals surface area contributed by atoms with Crippen molar-refractivity contribution in [3.05, 3.63) is 64.1 Å². The summed E-state index contributed by atoms with van der Waals surface area (Å²) >= 11 is 0.826. The number of imide groups is 1. The van der Waals surface area contributed by atoms with E-state index in [0.717, 1.165) is 40.6 Å². The van der Waals surface area contributed by atoms with Gasteiger partial charge < -0.3 is 15.0 Å². The molecule has 35 heavy (non-hydrogen) atoms. The van der Waals surface area contributed by atoms with E-state index in [1.54, 1.807) is 35.2 Å². The molecule has 4 amide bonds. The van der Waals surface area contributed by atoms with Gasteiger partial charge in [-0.25, -0.2) is 0 Å². The van der Waals surface area contributed by atoms with Crippen LogP contribution in [0.2, 0.25) is 0 Å². The summed E-state index contributed by atoms with van der Waals surface area (Å²) in [5.74, 6) is -0.429. The second-order valence-electron chi connectivity index (χ2n) is 8.56. The molecule has 2 heterocycles. The van der Waals surface area contributed by atoms with Crippen LogP contribution >= 0.6 is 11.8 Å². The lowest BCUT2D eigenvalue weighted by atomic mass is 10.1. The molecule has 0 saturated carbocycles. The maximum absolute atomic E-state index is 12.7. The fourth-order valence-corrected chi connectivity index (χ4v) is 4.65. The summed E-state index contributed by atoms with van der Waals surface area (Å²) in [5, 5.41) is 2.37. The first-order valence-electron chi connectivity index (χ1n) is 11.4. The number of carbonyl (C=O) groups excluding carboxylic acids is 4. The van der Waals surface area contributed by atoms with Gasteiger partial charge in [0.05, 0.1) is 4.91 Å². The van der Waals surface area contributed by atoms with E-state index in [2.05, 4.69) is 5.32 Å². The van der Waals surface area contributed by atoms with Crippen LogP contribution in [0.5, 0.6) is 5.75 Å². The highest BCUT2D eigenvalue weighted by Crippen LogP contribution is 2.32. The van der Waals surface area contributed by atoms with Crippen LogP contribution in [0, 0.1) is 13.8 Å². The number of likely N-dealkylation sites (tertiary alicyclic amines) is 1. The van der Waals surface area contributed by atoms with Crippen molar-refractivity contribution in [1.29, 1.82) is 0 Å². The predicted molar refractivity (Wildman–Crippen MR) is 135 cm³/mol. The molecule has 4 rings (SSSR count). The molecule has 2 saturated heterocycles. The van der Waals surface area contributed by atoms with Crippen molar-refractivity contribution in [2.45, 2.75) is 26.7 Å². The van der Waals surface area contributed by atoms with Crippen LogP contribution in [-0.4, -0.2) is 59.0 Å². The van der Waals surface area contributed by atoms with Gasteiger partial charge in [-0.05, 0) is 85.5 Å². The molecule has 2 aliphatic heterocycles. The Kier molecular flexibility index (Phi) is 7.55. The van der Waals surface area contributed by atoms with E-state index in [9.17, 15) is 19.2 Å². The molecule has 0 radical (unpaired) electrons. The third kappa shape index (κ3) is 6.10. The van der Waals surface area contributed by atoms with E-state index in [4.69, 9.17) is 4.74 Å². The Morgan fingerprint density at radius 2 is 1.74 bits per heavy atom. The lowest BCUT2D eigenvalue weighted by molar-refractivity contribution is -0.135. The lowest BCUT2D eigenvalue weighted by Crippen LogP contribution is -2.40. The van der Waals surface area contributed by atoms with Crippen molar-refractivity contribution in [2.24, 2.45) is 0 Å². The van der Waals surface area contributed by atoms with Crippen molar-refractivity contribution >= 4 is 46.5 Å². The SMILES string of the molecule is Cc1ccc(NC(=O)COc2ccc(/C=C3\SC(=O)N(CC(=O)N4CCCC4)C3=O)cc2)cc1C. The van der Waals surface area contributed by atoms with Crippen LogP contribution in [0.1, 0.15) is 29.5 Å². The molecule has 0 spiro atoms. The van der Waals surface area contributed by atoms with E-state index in [1.807, 2.05) is 32.0 Å². The predicted octanol–water partition coefficient (Wildman–Crippen LogP) is 3.98. The zero-order valence-corrected chi connectivity index (χ0v) is 20.5. The number of hydrogen-bond donors (Lipinski definition) is 1. The Bertz CT molecular complexity index is 1190. The summed E-state index contributed by atoms with van der Waals surface area (Å²) in [5.41, 5.74) is 3.66. The van der Waals surface area contributed by atoms with Gasteiger partial charge in [0.15, 0.2) is 6.61 Å². The second kappa shape index (κ2) is 10.8. The monoisotopic (exact) mass is 493 g/mol. The summed E-state index contributed by atoms with van der Waals surface area (Å²) in [6.45, 7) is 4.97. The smallest absolute Gasteiger partial charge is 0.294 e. The number of amides is 4. The summed E-state index contributed by atoms with van der Waals surface area (Å²) in [6, 6.07) is 12.6. The third-order valence-electron chi connectivity index (χ3n) is 5.96. The van der Waals surface area contributed by atoms with Crippen LogP contribution in [0.15, 0.2) is 47.4 Å². The van der Waals surface area contributed by atoms with E-state index < -0.39 is 11.1 Å². The van der Waals surface area contributed by atoms with E-state index in [-0.39, 0.29) is 29.9 Å². The second-order valence-corrected chi connectivity index (χ2v) is 9.55. The van der Waals surface area contributed by atoms with Crippen molar-refractivity contribution in [3.63, 3.8) is 0 Å². The van der Waals surface area contributed by atoms with Gasteiger partial charge in [-0.2, -0.15) is 0 Å². The molecule has 9 heteroatoms. The minimum absolute atomic E-state index is 0.143. The van der Waals surface area contributed by atoms with E-state index in [1.165, 1.54) is 0 Å². The molecule has 0 atom stereocenters. The molecule has 2 fully saturated rings. The van der Waals surface area contributed by atoms with Gasteiger partial charge in [0.2, 0.25) is 5.91 Å². The Balaban J connectivity index is 1.31. The molecular weight excluding hydrogens is 466 g/mol. The number of carbonyl (C=O) groups is 4. The number of benzene rings is 2. The molecule has 2 aromatic carbocycles. The Morgan fingerprint density at radius 1 is 1.03 bits per heavy atom. The Hall–Kier alpha value is -3.59. The minimum atomic E-state index is -0.462. The number of rotatable bonds is 7. The first-order valence-corrected chi connectivity index (χ1v) is 12.2. The zero-order valence-electron chi connectivity index (χ0n) is 19.7. The number of aryl methyl sites for hydroxylation is 2. The van der Waals surface area contributed by atoms with Crippen LogP contribution in [0.3, 0.4) is 0 Å². The fraction of sp³-hybridized carbons (Fsp3) is 0.308. The van der Waals surface area contributed by atoms with Crippen LogP contribution in [0.25, 0.3) is 6.08 Å². The lowest BCUT2D eigenvalue weighted by Gasteiger charge is -2.18. The molecule has 0 aromatic heterocycles. The number of nitrogens with zero attached hydrogens (tertiary/aromatic N) is 2. The van der Waals surface area contributed by atoms with Crippen molar-refractivity contribution in [2.75, 3.05) is 31.6 Å². The average molecular weight is 494 g/mol. The molecule has 2 aromatic rings. The summed E-state index contributed by atoms with van der Waals surface area (Å²) in [4.78, 5) is 52.5. The van der Waals surface area contributed by atoms with Gasteiger partial charge in [-0.15, -0.1) is 0 Å². The Labute approximate surface area is 208 Å². The maximum Gasteiger partial charge on any atom is 0.294 e. The molecule has 182 valence electrons. The van der Waals surface area contributed by atoms with Gasteiger partial charge in [-0.3, -0.25) is 24.1 Å². The highest BCUT2D eigenvalue weighted by Gasteiger charge is 2.37. The minimum Gasteiger partial charge on any atom is -0.484 e. The fourth-order valence-electron chi connectivity index (χ4n) is 3.81. The Morgan fingerprint density at radius 3 is 2.43 bits per heavy atom. The average Bonchev–Trinajstić information content (AvgIpc) is 3.46. The number of nitrogens with one attached hydrogen (secondary N) is 1. The number of ether oxygens (including phenoxy) is 1. The molecule has 0 bridgehead atoms. The van der Waals surface area contributed by atoms with Crippen molar-refractivity contribution in [3.8, 4) is 5.75 Å². The topological polar surface area (TPSA) is 96.0 Å². The van der Waals surface area contributed by atoms with Gasteiger partial charge >= 0.3 is 0 Å². The quantitative estimate of drug-likeness (QED) is 0.586. The molecule has 0 aliphatic carbocycles. The number of thioether (sulfide) groups is 1. The van der Waals surface area contributed by atoms with Gasteiger partial charge in [0, 0.05) is 18.8 Å². The summed E-state index contributed by atoms with van der Waals surface area (Å²) in [6.07, 6.45) is 3.51. The molecule has 0 unspecified atom stereocenters. The van der Waals surface area contributed by atoms with Crippen molar-refractivity contribution < 1.29 is 23.9 Å². The van der Waals surface area contributed by atoms with Crippen LogP contribution < -0.4 is 10.1 Å². The molecular formula is C26H27N3O5S. The van der Waals surface area contributed by atoms with Gasteiger partial charge in [-0.1, -0.05) is 18.2 Å². The molecule has 1 N–H and O–H groups in total. The highest BCUT2D eigenvalue weighted by molar-refractivity contribution is 8.18. The third-order valence-corrected chi connectivity index (χ3v) is 6.87. The summed E-state index contributed by atoms with van der Waals surface area (Å²) < 4.78 is 5.56. The zero-order chi connectivity index (χ0) is 24.9. The number of anilines is 1. The standard InChI is InChI=1S/C26H27N3O5S/c1-17-5-8-20(13-18(17)2)27-23(30)16-34-21-9-6-19(7-10-21)14-22-25(32)29(26(33)35-22)15-24(31)28-11-3-4-12-28/h5-10,13-14H,3-4,11-12,15-16H2,1-2H3,(H,27,30)/b22-14-. The normalized spacial score (nSPS) is 16.8. The van der Waals surface area contributed by atoms with Gasteiger partial charge in [0.1, 0.15) is 12.3 Å². The van der Waals surface area contributed by atoms with E-state index in [0.29, 0.717) is 30.1 Å². The summed E-state index contributed by atoms with van der Waals surface area (Å²) in [7, 11) is 0. The highest BCUT2D eigenvalue weighted by atomic mass is 32.2. The van der Waals surface area contributed by atoms with Crippen LogP contribution in [0.4, 0.5) is 10.5 Å². The van der Waals surface area contributed by atoms with E-state index >= 15 is 0 Å². The first-order chi connectivity index (χ1) is 16.8. The molecule has 8 nitrogen and oxygen atoms in total. The first kappa shape index (κ1) is 24.5.